The number of sulfonamides is 1. The summed E-state index contributed by atoms with van der Waals surface area (Å²) in [6.07, 6.45) is 2.28. The Kier molecular flexibility index (Phi) is 5.17. The van der Waals surface area contributed by atoms with E-state index in [1.807, 2.05) is 24.3 Å². The van der Waals surface area contributed by atoms with Crippen LogP contribution in [0.15, 0.2) is 77.8 Å². The number of amides is 1. The molecule has 0 saturated carbocycles. The molecule has 0 N–H and O–H groups in total. The minimum atomic E-state index is -3.70. The summed E-state index contributed by atoms with van der Waals surface area (Å²) in [5.74, 6) is 0.183. The van der Waals surface area contributed by atoms with Crippen LogP contribution in [-0.2, 0) is 23.0 Å². The summed E-state index contributed by atoms with van der Waals surface area (Å²) in [4.78, 5) is 18.5. The van der Waals surface area contributed by atoms with Gasteiger partial charge in [-0.25, -0.2) is 13.4 Å². The van der Waals surface area contributed by atoms with E-state index in [1.54, 1.807) is 43.6 Å². The molecule has 29 heavy (non-hydrogen) atoms. The van der Waals surface area contributed by atoms with Crippen LogP contribution < -0.4 is 4.90 Å². The molecule has 0 fully saturated rings. The first-order valence-electron chi connectivity index (χ1n) is 9.33. The molecule has 7 heteroatoms. The summed E-state index contributed by atoms with van der Waals surface area (Å²) in [6, 6.07) is 19.4. The van der Waals surface area contributed by atoms with Gasteiger partial charge in [-0.05, 0) is 47.9 Å². The Morgan fingerprint density at radius 2 is 1.76 bits per heavy atom. The van der Waals surface area contributed by atoms with Crippen molar-refractivity contribution in [1.82, 2.24) is 9.29 Å². The van der Waals surface area contributed by atoms with E-state index in [1.165, 1.54) is 26.9 Å². The Labute approximate surface area is 170 Å². The normalized spacial score (nSPS) is 14.2. The lowest BCUT2D eigenvalue weighted by Crippen LogP contribution is -2.36. The third-order valence-corrected chi connectivity index (χ3v) is 6.95. The molecule has 2 heterocycles. The maximum Gasteiger partial charge on any atom is 0.259 e. The standard InChI is InChI=1S/C22H21N3O3S/c1-24(21-11-4-5-13-23-21)22(26)18-9-6-10-20(15-18)29(27,28)25-14-12-17-7-2-3-8-19(17)16-25/h2-11,13,15H,12,14,16H2,1H3. The molecule has 6 nitrogen and oxygen atoms in total. The molecule has 1 amide bonds. The zero-order valence-corrected chi connectivity index (χ0v) is 16.8. The topological polar surface area (TPSA) is 70.6 Å². The van der Waals surface area contributed by atoms with Crippen LogP contribution in [0.3, 0.4) is 0 Å². The highest BCUT2D eigenvalue weighted by atomic mass is 32.2. The van der Waals surface area contributed by atoms with E-state index in [9.17, 15) is 13.2 Å². The van der Waals surface area contributed by atoms with Crippen molar-refractivity contribution in [3.63, 3.8) is 0 Å². The van der Waals surface area contributed by atoms with E-state index in [4.69, 9.17) is 0 Å². The summed E-state index contributed by atoms with van der Waals surface area (Å²) in [6.45, 7) is 0.760. The van der Waals surface area contributed by atoms with Crippen LogP contribution >= 0.6 is 0 Å². The molecule has 3 aromatic rings. The number of rotatable bonds is 4. The minimum Gasteiger partial charge on any atom is -0.296 e. The summed E-state index contributed by atoms with van der Waals surface area (Å²) in [5, 5.41) is 0. The first-order valence-corrected chi connectivity index (χ1v) is 10.8. The van der Waals surface area contributed by atoms with Crippen LogP contribution in [0.5, 0.6) is 0 Å². The fraction of sp³-hybridized carbons (Fsp3) is 0.182. The van der Waals surface area contributed by atoms with Crippen molar-refractivity contribution in [2.24, 2.45) is 0 Å². The van der Waals surface area contributed by atoms with E-state index in [-0.39, 0.29) is 10.8 Å². The lowest BCUT2D eigenvalue weighted by atomic mass is 10.0. The smallest absolute Gasteiger partial charge is 0.259 e. The Morgan fingerprint density at radius 3 is 2.52 bits per heavy atom. The van der Waals surface area contributed by atoms with Crippen molar-refractivity contribution in [2.45, 2.75) is 17.9 Å². The molecule has 0 saturated heterocycles. The van der Waals surface area contributed by atoms with E-state index >= 15 is 0 Å². The molecular weight excluding hydrogens is 386 g/mol. The number of benzene rings is 2. The third-order valence-electron chi connectivity index (χ3n) is 5.11. The number of anilines is 1. The highest BCUT2D eigenvalue weighted by molar-refractivity contribution is 7.89. The van der Waals surface area contributed by atoms with E-state index in [0.29, 0.717) is 30.9 Å². The van der Waals surface area contributed by atoms with Crippen LogP contribution in [-0.4, -0.2) is 37.2 Å². The van der Waals surface area contributed by atoms with Gasteiger partial charge in [-0.3, -0.25) is 9.69 Å². The van der Waals surface area contributed by atoms with E-state index in [0.717, 1.165) is 5.56 Å². The fourth-order valence-corrected chi connectivity index (χ4v) is 4.93. The molecule has 4 rings (SSSR count). The van der Waals surface area contributed by atoms with Crippen LogP contribution in [0.4, 0.5) is 5.82 Å². The summed E-state index contributed by atoms with van der Waals surface area (Å²) in [7, 11) is -2.09. The van der Waals surface area contributed by atoms with Gasteiger partial charge in [0, 0.05) is 31.9 Å². The number of nitrogens with zero attached hydrogens (tertiary/aromatic N) is 3. The first kappa shape index (κ1) is 19.3. The van der Waals surface area contributed by atoms with Crippen molar-refractivity contribution in [3.05, 3.63) is 89.6 Å². The average Bonchev–Trinajstić information content (AvgIpc) is 2.78. The molecule has 1 aliphatic heterocycles. The lowest BCUT2D eigenvalue weighted by Gasteiger charge is -2.28. The highest BCUT2D eigenvalue weighted by Gasteiger charge is 2.29. The van der Waals surface area contributed by atoms with Crippen molar-refractivity contribution >= 4 is 21.7 Å². The Bertz CT molecular complexity index is 1150. The SMILES string of the molecule is CN(C(=O)c1cccc(S(=O)(=O)N2CCc3ccccc3C2)c1)c1ccccn1. The largest absolute Gasteiger partial charge is 0.296 e. The van der Waals surface area contributed by atoms with Gasteiger partial charge in [0.2, 0.25) is 10.0 Å². The van der Waals surface area contributed by atoms with Gasteiger partial charge in [0.1, 0.15) is 5.82 Å². The van der Waals surface area contributed by atoms with Gasteiger partial charge in [-0.2, -0.15) is 4.31 Å². The molecule has 148 valence electrons. The van der Waals surface area contributed by atoms with Crippen LogP contribution in [0.25, 0.3) is 0 Å². The number of pyridine rings is 1. The predicted molar refractivity (Wildman–Crippen MR) is 111 cm³/mol. The maximum absolute atomic E-state index is 13.2. The van der Waals surface area contributed by atoms with Crippen molar-refractivity contribution in [1.29, 1.82) is 0 Å². The van der Waals surface area contributed by atoms with Gasteiger partial charge < -0.3 is 0 Å². The molecule has 1 aliphatic rings. The predicted octanol–water partition coefficient (Wildman–Crippen LogP) is 3.11. The molecule has 2 aromatic carbocycles. The van der Waals surface area contributed by atoms with Crippen molar-refractivity contribution < 1.29 is 13.2 Å². The molecule has 0 spiro atoms. The van der Waals surface area contributed by atoms with Crippen molar-refractivity contribution in [3.8, 4) is 0 Å². The van der Waals surface area contributed by atoms with Gasteiger partial charge in [0.25, 0.3) is 5.91 Å². The average molecular weight is 407 g/mol. The fourth-order valence-electron chi connectivity index (χ4n) is 3.46. The summed E-state index contributed by atoms with van der Waals surface area (Å²) in [5.41, 5.74) is 2.50. The lowest BCUT2D eigenvalue weighted by molar-refractivity contribution is 0.0992. The summed E-state index contributed by atoms with van der Waals surface area (Å²) < 4.78 is 27.9. The zero-order chi connectivity index (χ0) is 20.4. The van der Waals surface area contributed by atoms with E-state index < -0.39 is 10.0 Å². The van der Waals surface area contributed by atoms with Crippen LogP contribution in [0.1, 0.15) is 21.5 Å². The Morgan fingerprint density at radius 1 is 1.00 bits per heavy atom. The van der Waals surface area contributed by atoms with Crippen LogP contribution in [0, 0.1) is 0 Å². The van der Waals surface area contributed by atoms with E-state index in [2.05, 4.69) is 4.98 Å². The molecule has 1 aromatic heterocycles. The molecule has 0 bridgehead atoms. The third kappa shape index (κ3) is 3.79. The molecule has 0 unspecified atom stereocenters. The van der Waals surface area contributed by atoms with Gasteiger partial charge >= 0.3 is 0 Å². The van der Waals surface area contributed by atoms with Gasteiger partial charge in [-0.15, -0.1) is 0 Å². The van der Waals surface area contributed by atoms with Crippen LogP contribution in [0.2, 0.25) is 0 Å². The minimum absolute atomic E-state index is 0.122. The number of aromatic nitrogens is 1. The highest BCUT2D eigenvalue weighted by Crippen LogP contribution is 2.25. The molecule has 0 atom stereocenters. The Hall–Kier alpha value is -3.03. The number of carbonyl (C=O) groups excluding carboxylic acids is 1. The van der Waals surface area contributed by atoms with Gasteiger partial charge in [0.05, 0.1) is 4.90 Å². The quantitative estimate of drug-likeness (QED) is 0.666. The second-order valence-corrected chi connectivity index (χ2v) is 8.88. The zero-order valence-electron chi connectivity index (χ0n) is 16.0. The molecule has 0 radical (unpaired) electrons. The summed E-state index contributed by atoms with van der Waals surface area (Å²) >= 11 is 0. The molecule has 0 aliphatic carbocycles. The number of carbonyl (C=O) groups is 1. The number of hydrogen-bond donors (Lipinski definition) is 0. The first-order chi connectivity index (χ1) is 14.0. The number of fused-ring (bicyclic) bond motifs is 1. The second-order valence-electron chi connectivity index (χ2n) is 6.94. The second kappa shape index (κ2) is 7.77. The van der Waals surface area contributed by atoms with Gasteiger partial charge in [-0.1, -0.05) is 36.4 Å². The van der Waals surface area contributed by atoms with Crippen molar-refractivity contribution in [2.75, 3.05) is 18.5 Å². The molecular formula is C22H21N3O3S. The van der Waals surface area contributed by atoms with Gasteiger partial charge in [0.15, 0.2) is 0 Å². The Balaban J connectivity index is 1.60. The monoisotopic (exact) mass is 407 g/mol. The number of hydrogen-bond acceptors (Lipinski definition) is 4. The maximum atomic E-state index is 13.2.